The lowest BCUT2D eigenvalue weighted by Gasteiger charge is -2.10. The van der Waals surface area contributed by atoms with E-state index >= 15 is 0 Å². The minimum absolute atomic E-state index is 0.0885. The zero-order valence-electron chi connectivity index (χ0n) is 18.7. The number of anilines is 1. The largest absolute Gasteiger partial charge is 0.416 e. The summed E-state index contributed by atoms with van der Waals surface area (Å²) in [6, 6.07) is 16.1. The first-order chi connectivity index (χ1) is 17.3. The van der Waals surface area contributed by atoms with Gasteiger partial charge in [-0.2, -0.15) is 13.2 Å². The van der Waals surface area contributed by atoms with Gasteiger partial charge in [-0.05, 0) is 65.7 Å². The summed E-state index contributed by atoms with van der Waals surface area (Å²) >= 11 is 0. The number of fused-ring (bicyclic) bond motifs is 1. The molecule has 10 heteroatoms. The lowest BCUT2D eigenvalue weighted by molar-refractivity contribution is -0.137. The standard InChI is InChI=1S/C26H19F4N5O/c27-20-6-4-18(5-7-20)23-24(35-11-9-17(15-36)13-22(35)34-23)21-8-10-31-25(33-21)32-14-16-2-1-3-19(12-16)26(28,29)30/h1-13,36H,14-15H2,(H,31,32,33). The van der Waals surface area contributed by atoms with Crippen molar-refractivity contribution in [3.05, 3.63) is 102 Å². The van der Waals surface area contributed by atoms with Gasteiger partial charge in [0.25, 0.3) is 0 Å². The maximum absolute atomic E-state index is 13.6. The number of aromatic nitrogens is 4. The van der Waals surface area contributed by atoms with E-state index in [1.807, 2.05) is 0 Å². The molecule has 0 aliphatic rings. The van der Waals surface area contributed by atoms with Gasteiger partial charge in [-0.3, -0.25) is 4.40 Å². The van der Waals surface area contributed by atoms with E-state index in [1.54, 1.807) is 47.0 Å². The molecule has 182 valence electrons. The summed E-state index contributed by atoms with van der Waals surface area (Å²) in [5.41, 5.74) is 3.27. The van der Waals surface area contributed by atoms with Gasteiger partial charge >= 0.3 is 6.18 Å². The fourth-order valence-corrected chi connectivity index (χ4v) is 3.85. The van der Waals surface area contributed by atoms with E-state index in [0.29, 0.717) is 39.4 Å². The third kappa shape index (κ3) is 4.76. The number of pyridine rings is 1. The summed E-state index contributed by atoms with van der Waals surface area (Å²) in [5, 5.41) is 12.5. The molecule has 0 unspecified atom stereocenters. The zero-order chi connectivity index (χ0) is 25.3. The first-order valence-corrected chi connectivity index (χ1v) is 10.9. The van der Waals surface area contributed by atoms with E-state index in [-0.39, 0.29) is 24.9 Å². The molecule has 0 amide bonds. The Kier molecular flexibility index (Phi) is 6.11. The molecule has 0 aliphatic carbocycles. The van der Waals surface area contributed by atoms with Gasteiger partial charge in [0.1, 0.15) is 11.5 Å². The van der Waals surface area contributed by atoms with Gasteiger partial charge in [0.05, 0.1) is 29.3 Å². The van der Waals surface area contributed by atoms with E-state index in [1.165, 1.54) is 24.4 Å². The highest BCUT2D eigenvalue weighted by Crippen LogP contribution is 2.33. The van der Waals surface area contributed by atoms with Crippen LogP contribution in [0.1, 0.15) is 16.7 Å². The molecule has 0 saturated heterocycles. The number of nitrogens with one attached hydrogen (secondary N) is 1. The minimum Gasteiger partial charge on any atom is -0.392 e. The Bertz CT molecular complexity index is 1530. The van der Waals surface area contributed by atoms with Crippen molar-refractivity contribution in [3.63, 3.8) is 0 Å². The Morgan fingerprint density at radius 3 is 2.47 bits per heavy atom. The maximum Gasteiger partial charge on any atom is 0.416 e. The number of rotatable bonds is 6. The quantitative estimate of drug-likeness (QED) is 0.296. The average molecular weight is 493 g/mol. The molecule has 6 nitrogen and oxygen atoms in total. The Hall–Kier alpha value is -4.31. The van der Waals surface area contributed by atoms with Crippen LogP contribution < -0.4 is 5.32 Å². The summed E-state index contributed by atoms with van der Waals surface area (Å²) in [4.78, 5) is 13.5. The Morgan fingerprint density at radius 2 is 1.72 bits per heavy atom. The summed E-state index contributed by atoms with van der Waals surface area (Å²) < 4.78 is 54.4. The van der Waals surface area contributed by atoms with Crippen molar-refractivity contribution < 1.29 is 22.7 Å². The summed E-state index contributed by atoms with van der Waals surface area (Å²) in [7, 11) is 0. The third-order valence-corrected chi connectivity index (χ3v) is 5.59. The lowest BCUT2D eigenvalue weighted by Crippen LogP contribution is -2.08. The Labute approximate surface area is 202 Å². The van der Waals surface area contributed by atoms with E-state index in [0.717, 1.165) is 12.1 Å². The van der Waals surface area contributed by atoms with Crippen LogP contribution in [0.15, 0.2) is 79.1 Å². The number of alkyl halides is 3. The van der Waals surface area contributed by atoms with E-state index in [4.69, 9.17) is 4.98 Å². The lowest BCUT2D eigenvalue weighted by atomic mass is 10.1. The van der Waals surface area contributed by atoms with Crippen molar-refractivity contribution in [2.45, 2.75) is 19.3 Å². The SMILES string of the molecule is OCc1ccn2c(-c3ccnc(NCc4cccc(C(F)(F)F)c4)n3)c(-c3ccc(F)cc3)nc2c1. The molecule has 36 heavy (non-hydrogen) atoms. The number of nitrogens with zero attached hydrogens (tertiary/aromatic N) is 4. The molecule has 3 aromatic heterocycles. The van der Waals surface area contributed by atoms with Crippen LogP contribution >= 0.6 is 0 Å². The third-order valence-electron chi connectivity index (χ3n) is 5.59. The molecule has 0 fully saturated rings. The van der Waals surface area contributed by atoms with Crippen molar-refractivity contribution in [1.29, 1.82) is 0 Å². The molecule has 3 heterocycles. The molecule has 0 aliphatic heterocycles. The second-order valence-electron chi connectivity index (χ2n) is 8.05. The summed E-state index contributed by atoms with van der Waals surface area (Å²) in [5.74, 6) is -0.161. The zero-order valence-corrected chi connectivity index (χ0v) is 18.7. The molecule has 0 bridgehead atoms. The van der Waals surface area contributed by atoms with Gasteiger partial charge in [-0.25, -0.2) is 19.3 Å². The van der Waals surface area contributed by atoms with Crippen LogP contribution in [0.5, 0.6) is 0 Å². The summed E-state index contributed by atoms with van der Waals surface area (Å²) in [6.07, 6.45) is -1.14. The van der Waals surface area contributed by atoms with Crippen LogP contribution in [0.3, 0.4) is 0 Å². The first-order valence-electron chi connectivity index (χ1n) is 10.9. The van der Waals surface area contributed by atoms with Crippen LogP contribution in [0.25, 0.3) is 28.3 Å². The number of hydrogen-bond acceptors (Lipinski definition) is 5. The molecule has 2 aromatic carbocycles. The van der Waals surface area contributed by atoms with Gasteiger partial charge in [-0.15, -0.1) is 0 Å². The van der Waals surface area contributed by atoms with Crippen molar-refractivity contribution in [1.82, 2.24) is 19.4 Å². The van der Waals surface area contributed by atoms with E-state index in [9.17, 15) is 22.7 Å². The second kappa shape index (κ2) is 9.38. The predicted molar refractivity (Wildman–Crippen MR) is 126 cm³/mol. The number of hydrogen-bond donors (Lipinski definition) is 2. The highest BCUT2D eigenvalue weighted by atomic mass is 19.4. The van der Waals surface area contributed by atoms with Gasteiger partial charge < -0.3 is 10.4 Å². The maximum atomic E-state index is 13.6. The smallest absolute Gasteiger partial charge is 0.392 e. The van der Waals surface area contributed by atoms with Crippen molar-refractivity contribution in [3.8, 4) is 22.6 Å². The van der Waals surface area contributed by atoms with Crippen LogP contribution in [0.2, 0.25) is 0 Å². The molecule has 0 radical (unpaired) electrons. The van der Waals surface area contributed by atoms with Crippen molar-refractivity contribution >= 4 is 11.6 Å². The fraction of sp³-hybridized carbons (Fsp3) is 0.115. The van der Waals surface area contributed by atoms with E-state index < -0.39 is 11.7 Å². The number of aliphatic hydroxyl groups excluding tert-OH is 1. The molecular weight excluding hydrogens is 474 g/mol. The van der Waals surface area contributed by atoms with Gasteiger partial charge in [0.15, 0.2) is 0 Å². The van der Waals surface area contributed by atoms with Crippen LogP contribution in [-0.2, 0) is 19.3 Å². The second-order valence-corrected chi connectivity index (χ2v) is 8.05. The number of imidazole rings is 1. The predicted octanol–water partition coefficient (Wildman–Crippen LogP) is 5.72. The molecule has 0 saturated carbocycles. The van der Waals surface area contributed by atoms with Crippen LogP contribution in [-0.4, -0.2) is 24.5 Å². The molecule has 5 aromatic rings. The number of benzene rings is 2. The van der Waals surface area contributed by atoms with Crippen LogP contribution in [0.4, 0.5) is 23.5 Å². The normalized spacial score (nSPS) is 11.7. The molecule has 2 N–H and O–H groups in total. The van der Waals surface area contributed by atoms with Crippen LogP contribution in [0, 0.1) is 5.82 Å². The van der Waals surface area contributed by atoms with Crippen molar-refractivity contribution in [2.75, 3.05) is 5.32 Å². The first kappa shape index (κ1) is 23.4. The summed E-state index contributed by atoms with van der Waals surface area (Å²) in [6.45, 7) is -0.0626. The van der Waals surface area contributed by atoms with Gasteiger partial charge in [-0.1, -0.05) is 12.1 Å². The van der Waals surface area contributed by atoms with E-state index in [2.05, 4.69) is 15.3 Å². The fourth-order valence-electron chi connectivity index (χ4n) is 3.85. The number of aliphatic hydroxyl groups is 1. The highest BCUT2D eigenvalue weighted by Gasteiger charge is 2.30. The molecule has 0 spiro atoms. The Morgan fingerprint density at radius 1 is 0.917 bits per heavy atom. The molecular formula is C26H19F4N5O. The molecule has 0 atom stereocenters. The molecule has 5 rings (SSSR count). The van der Waals surface area contributed by atoms with Crippen molar-refractivity contribution in [2.24, 2.45) is 0 Å². The highest BCUT2D eigenvalue weighted by molar-refractivity contribution is 5.80. The minimum atomic E-state index is -4.43. The topological polar surface area (TPSA) is 75.3 Å². The number of halogens is 4. The Balaban J connectivity index is 1.52. The van der Waals surface area contributed by atoms with Gasteiger partial charge in [0, 0.05) is 24.5 Å². The van der Waals surface area contributed by atoms with Gasteiger partial charge in [0.2, 0.25) is 5.95 Å². The monoisotopic (exact) mass is 493 g/mol. The average Bonchev–Trinajstić information content (AvgIpc) is 3.26.